The van der Waals surface area contributed by atoms with E-state index < -0.39 is 0 Å². The van der Waals surface area contributed by atoms with Gasteiger partial charge in [-0.15, -0.1) is 11.3 Å². The molecule has 0 aliphatic rings. The summed E-state index contributed by atoms with van der Waals surface area (Å²) in [5.74, 6) is 0. The molecule has 0 aliphatic carbocycles. The lowest BCUT2D eigenvalue weighted by Gasteiger charge is -2.01. The third kappa shape index (κ3) is 3.64. The number of nitrogens with one attached hydrogen (secondary N) is 1. The minimum atomic E-state index is 0.945. The van der Waals surface area contributed by atoms with E-state index in [9.17, 15) is 0 Å². The van der Waals surface area contributed by atoms with Gasteiger partial charge in [-0.05, 0) is 32.4 Å². The Morgan fingerprint density at radius 3 is 2.79 bits per heavy atom. The lowest BCUT2D eigenvalue weighted by molar-refractivity contribution is 0.677. The maximum atomic E-state index is 4.80. The van der Waals surface area contributed by atoms with Crippen LogP contribution in [0.4, 0.5) is 0 Å². The molecule has 0 aliphatic heterocycles. The van der Waals surface area contributed by atoms with Crippen LogP contribution in [-0.4, -0.2) is 11.5 Å². The Morgan fingerprint density at radius 2 is 2.11 bits per heavy atom. The van der Waals surface area contributed by atoms with Crippen LogP contribution in [0.25, 0.3) is 10.6 Å². The molecule has 0 fully saturated rings. The topological polar surface area (TPSA) is 24.9 Å². The largest absolute Gasteiger partial charge is 0.312 e. The molecule has 2 rings (SSSR count). The van der Waals surface area contributed by atoms with Gasteiger partial charge in [-0.2, -0.15) is 0 Å². The van der Waals surface area contributed by atoms with Gasteiger partial charge in [0.15, 0.2) is 0 Å². The van der Waals surface area contributed by atoms with Gasteiger partial charge in [0.05, 0.1) is 5.69 Å². The fourth-order valence-corrected chi connectivity index (χ4v) is 3.19. The first kappa shape index (κ1) is 14.2. The third-order valence-electron chi connectivity index (χ3n) is 3.09. The van der Waals surface area contributed by atoms with Crippen molar-refractivity contribution in [1.82, 2.24) is 10.3 Å². The van der Waals surface area contributed by atoms with E-state index in [1.807, 2.05) is 11.3 Å². The molecule has 1 heterocycles. The molecule has 1 N–H and O–H groups in total. The Kier molecular flexibility index (Phi) is 5.11. The van der Waals surface area contributed by atoms with E-state index in [1.54, 1.807) is 0 Å². The van der Waals surface area contributed by atoms with E-state index in [0.717, 1.165) is 24.5 Å². The number of aryl methyl sites for hydroxylation is 2. The van der Waals surface area contributed by atoms with Crippen LogP contribution in [0.3, 0.4) is 0 Å². The van der Waals surface area contributed by atoms with Gasteiger partial charge in [0.2, 0.25) is 0 Å². The minimum Gasteiger partial charge on any atom is -0.312 e. The summed E-state index contributed by atoms with van der Waals surface area (Å²) < 4.78 is 0. The molecule has 0 saturated heterocycles. The molecular formula is C16H22N2S. The van der Waals surface area contributed by atoms with Crippen molar-refractivity contribution >= 4 is 11.3 Å². The summed E-state index contributed by atoms with van der Waals surface area (Å²) in [5.41, 5.74) is 3.77. The van der Waals surface area contributed by atoms with Gasteiger partial charge < -0.3 is 5.32 Å². The first-order valence-electron chi connectivity index (χ1n) is 7.01. The van der Waals surface area contributed by atoms with E-state index in [1.165, 1.54) is 28.1 Å². The number of nitrogens with zero attached hydrogens (tertiary/aromatic N) is 1. The van der Waals surface area contributed by atoms with Gasteiger partial charge in [-0.3, -0.25) is 0 Å². The highest BCUT2D eigenvalue weighted by Crippen LogP contribution is 2.29. The molecule has 0 atom stereocenters. The maximum Gasteiger partial charge on any atom is 0.123 e. The number of benzene rings is 1. The van der Waals surface area contributed by atoms with Crippen molar-refractivity contribution in [2.24, 2.45) is 0 Å². The van der Waals surface area contributed by atoms with Gasteiger partial charge in [0.25, 0.3) is 0 Å². The summed E-state index contributed by atoms with van der Waals surface area (Å²) in [4.78, 5) is 6.18. The van der Waals surface area contributed by atoms with Gasteiger partial charge in [0, 0.05) is 17.0 Å². The van der Waals surface area contributed by atoms with Crippen LogP contribution in [0.1, 0.15) is 36.4 Å². The van der Waals surface area contributed by atoms with Crippen LogP contribution in [0.2, 0.25) is 0 Å². The van der Waals surface area contributed by atoms with Crippen LogP contribution in [-0.2, 0) is 13.0 Å². The molecular weight excluding hydrogens is 252 g/mol. The molecule has 0 amide bonds. The number of aromatic nitrogens is 1. The van der Waals surface area contributed by atoms with Crippen molar-refractivity contribution < 1.29 is 0 Å². The van der Waals surface area contributed by atoms with Gasteiger partial charge >= 0.3 is 0 Å². The van der Waals surface area contributed by atoms with E-state index in [4.69, 9.17) is 4.98 Å². The lowest BCUT2D eigenvalue weighted by atomic mass is 10.1. The van der Waals surface area contributed by atoms with Crippen molar-refractivity contribution in [2.45, 2.75) is 40.2 Å². The van der Waals surface area contributed by atoms with Crippen molar-refractivity contribution in [3.63, 3.8) is 0 Å². The zero-order chi connectivity index (χ0) is 13.7. The third-order valence-corrected chi connectivity index (χ3v) is 4.24. The fraction of sp³-hybridized carbons (Fsp3) is 0.438. The van der Waals surface area contributed by atoms with Gasteiger partial charge in [-0.1, -0.05) is 37.6 Å². The Bertz CT molecular complexity index is 531. The second kappa shape index (κ2) is 6.83. The molecule has 1 aromatic heterocycles. The first-order valence-corrected chi connectivity index (χ1v) is 7.82. The maximum absolute atomic E-state index is 4.80. The molecule has 1 aromatic carbocycles. The molecule has 0 saturated carbocycles. The van der Waals surface area contributed by atoms with E-state index in [0.29, 0.717) is 0 Å². The summed E-state index contributed by atoms with van der Waals surface area (Å²) in [7, 11) is 0. The molecule has 102 valence electrons. The monoisotopic (exact) mass is 274 g/mol. The van der Waals surface area contributed by atoms with E-state index >= 15 is 0 Å². The predicted octanol–water partition coefficient (Wildman–Crippen LogP) is 4.18. The molecule has 0 unspecified atom stereocenters. The van der Waals surface area contributed by atoms with E-state index in [2.05, 4.69) is 50.4 Å². The number of thiazole rings is 1. The second-order valence-electron chi connectivity index (χ2n) is 4.79. The molecule has 2 aromatic rings. The fourth-order valence-electron chi connectivity index (χ4n) is 2.08. The Hall–Kier alpha value is -1.19. The average molecular weight is 274 g/mol. The lowest BCUT2D eigenvalue weighted by Crippen LogP contribution is -2.13. The summed E-state index contributed by atoms with van der Waals surface area (Å²) in [6.07, 6.45) is 2.18. The molecule has 0 bridgehead atoms. The summed E-state index contributed by atoms with van der Waals surface area (Å²) in [5, 5.41) is 4.62. The van der Waals surface area contributed by atoms with Crippen LogP contribution < -0.4 is 5.32 Å². The van der Waals surface area contributed by atoms with Crippen LogP contribution in [0.5, 0.6) is 0 Å². The molecule has 2 nitrogen and oxygen atoms in total. The quantitative estimate of drug-likeness (QED) is 0.799. The Balaban J connectivity index is 2.22. The highest BCUT2D eigenvalue weighted by molar-refractivity contribution is 7.15. The van der Waals surface area contributed by atoms with Gasteiger partial charge in [-0.25, -0.2) is 4.98 Å². The minimum absolute atomic E-state index is 0.945. The number of hydrogen-bond donors (Lipinski definition) is 1. The predicted molar refractivity (Wildman–Crippen MR) is 83.7 cm³/mol. The second-order valence-corrected chi connectivity index (χ2v) is 5.87. The van der Waals surface area contributed by atoms with Crippen LogP contribution in [0.15, 0.2) is 24.3 Å². The normalized spacial score (nSPS) is 10.9. The zero-order valence-corrected chi connectivity index (χ0v) is 12.8. The Morgan fingerprint density at radius 1 is 1.26 bits per heavy atom. The first-order chi connectivity index (χ1) is 9.24. The summed E-state index contributed by atoms with van der Waals surface area (Å²) >= 11 is 1.82. The standard InChI is InChI=1S/C16H22N2S/c1-4-9-17-11-15-14(5-2)18-16(19-15)13-8-6-7-12(3)10-13/h6-8,10,17H,4-5,9,11H2,1-3H3. The summed E-state index contributed by atoms with van der Waals surface area (Å²) in [6, 6.07) is 8.59. The zero-order valence-electron chi connectivity index (χ0n) is 12.0. The molecule has 19 heavy (non-hydrogen) atoms. The van der Waals surface area contributed by atoms with Crippen molar-refractivity contribution in [1.29, 1.82) is 0 Å². The highest BCUT2D eigenvalue weighted by atomic mass is 32.1. The van der Waals surface area contributed by atoms with Crippen molar-refractivity contribution in [2.75, 3.05) is 6.54 Å². The Labute approximate surface area is 119 Å². The van der Waals surface area contributed by atoms with Crippen LogP contribution >= 0.6 is 11.3 Å². The van der Waals surface area contributed by atoms with E-state index in [-0.39, 0.29) is 0 Å². The smallest absolute Gasteiger partial charge is 0.123 e. The van der Waals surface area contributed by atoms with Crippen LogP contribution in [0, 0.1) is 6.92 Å². The van der Waals surface area contributed by atoms with Gasteiger partial charge in [0.1, 0.15) is 5.01 Å². The number of hydrogen-bond acceptors (Lipinski definition) is 3. The van der Waals surface area contributed by atoms with Crippen molar-refractivity contribution in [3.05, 3.63) is 40.4 Å². The number of rotatable bonds is 6. The summed E-state index contributed by atoms with van der Waals surface area (Å²) in [6.45, 7) is 8.51. The molecule has 0 spiro atoms. The SMILES string of the molecule is CCCNCc1sc(-c2cccc(C)c2)nc1CC. The molecule has 0 radical (unpaired) electrons. The van der Waals surface area contributed by atoms with Crippen molar-refractivity contribution in [3.8, 4) is 10.6 Å². The average Bonchev–Trinajstić information content (AvgIpc) is 2.82. The highest BCUT2D eigenvalue weighted by Gasteiger charge is 2.10. The molecule has 3 heteroatoms.